The number of nitrogens with zero attached hydrogens (tertiary/aromatic N) is 1. The summed E-state index contributed by atoms with van der Waals surface area (Å²) in [5.41, 5.74) is 0.360. The second-order valence-electron chi connectivity index (χ2n) is 4.61. The van der Waals surface area contributed by atoms with E-state index in [-0.39, 0.29) is 35.4 Å². The molecule has 19 heavy (non-hydrogen) atoms. The number of nitrogens with one attached hydrogen (secondary N) is 1. The van der Waals surface area contributed by atoms with Crippen LogP contribution in [-0.2, 0) is 0 Å². The van der Waals surface area contributed by atoms with Gasteiger partial charge in [0.05, 0.1) is 10.6 Å². The molecule has 1 fully saturated rings. The van der Waals surface area contributed by atoms with E-state index in [4.69, 9.17) is 11.6 Å². The number of rotatable bonds is 1. The lowest BCUT2D eigenvalue weighted by molar-refractivity contribution is 0.0603. The molecule has 2 unspecified atom stereocenters. The molecule has 0 saturated carbocycles. The Kier molecular flexibility index (Phi) is 5.59. The van der Waals surface area contributed by atoms with E-state index in [9.17, 15) is 9.18 Å². The highest BCUT2D eigenvalue weighted by Crippen LogP contribution is 2.21. The van der Waals surface area contributed by atoms with Crippen molar-refractivity contribution in [3.63, 3.8) is 0 Å². The molecular formula is C13H17Cl2FN2O. The molecule has 0 radical (unpaired) electrons. The number of hydrogen-bond acceptors (Lipinski definition) is 2. The van der Waals surface area contributed by atoms with E-state index < -0.39 is 5.82 Å². The SMILES string of the molecule is CC1NCCN(C(=O)c2ccc(F)cc2Cl)C1C.Cl. The predicted molar refractivity (Wildman–Crippen MR) is 76.6 cm³/mol. The molecule has 106 valence electrons. The molecule has 1 aliphatic rings. The molecule has 2 rings (SSSR count). The summed E-state index contributed by atoms with van der Waals surface area (Å²) in [4.78, 5) is 14.2. The van der Waals surface area contributed by atoms with Gasteiger partial charge in [-0.1, -0.05) is 11.6 Å². The van der Waals surface area contributed by atoms with Crippen LogP contribution in [0.3, 0.4) is 0 Å². The Bertz CT molecular complexity index is 470. The van der Waals surface area contributed by atoms with Gasteiger partial charge in [-0.15, -0.1) is 12.4 Å². The maximum Gasteiger partial charge on any atom is 0.255 e. The van der Waals surface area contributed by atoms with Crippen LogP contribution < -0.4 is 5.32 Å². The van der Waals surface area contributed by atoms with Crippen LogP contribution >= 0.6 is 24.0 Å². The third-order valence-corrected chi connectivity index (χ3v) is 3.77. The molecule has 0 spiro atoms. The zero-order valence-corrected chi connectivity index (χ0v) is 12.4. The molecule has 0 aliphatic carbocycles. The Hall–Kier alpha value is -0.840. The fraction of sp³-hybridized carbons (Fsp3) is 0.462. The van der Waals surface area contributed by atoms with Crippen LogP contribution in [-0.4, -0.2) is 36.0 Å². The van der Waals surface area contributed by atoms with Crippen molar-refractivity contribution in [1.29, 1.82) is 0 Å². The lowest BCUT2D eigenvalue weighted by Gasteiger charge is -2.38. The fourth-order valence-corrected chi connectivity index (χ4v) is 2.41. The predicted octanol–water partition coefficient (Wildman–Crippen LogP) is 2.72. The molecule has 1 aromatic carbocycles. The van der Waals surface area contributed by atoms with E-state index in [2.05, 4.69) is 5.32 Å². The first-order chi connectivity index (χ1) is 8.50. The lowest BCUT2D eigenvalue weighted by Crippen LogP contribution is -2.57. The molecular weight excluding hydrogens is 290 g/mol. The van der Waals surface area contributed by atoms with Crippen molar-refractivity contribution in [2.45, 2.75) is 25.9 Å². The van der Waals surface area contributed by atoms with Crippen LogP contribution in [0.15, 0.2) is 18.2 Å². The third-order valence-electron chi connectivity index (χ3n) is 3.46. The van der Waals surface area contributed by atoms with E-state index in [0.717, 1.165) is 6.54 Å². The molecule has 3 nitrogen and oxygen atoms in total. The standard InChI is InChI=1S/C13H16ClFN2O.ClH/c1-8-9(2)17(6-5-16-8)13(18)11-4-3-10(15)7-12(11)14;/h3-4,7-9,16H,5-6H2,1-2H3;1H. The normalized spacial score (nSPS) is 22.8. The summed E-state index contributed by atoms with van der Waals surface area (Å²) in [5, 5.41) is 3.47. The van der Waals surface area contributed by atoms with E-state index in [1.807, 2.05) is 13.8 Å². The first-order valence-electron chi connectivity index (χ1n) is 6.00. The number of piperazine rings is 1. The van der Waals surface area contributed by atoms with Crippen LogP contribution in [0.25, 0.3) is 0 Å². The highest BCUT2D eigenvalue weighted by atomic mass is 35.5. The zero-order valence-electron chi connectivity index (χ0n) is 10.8. The van der Waals surface area contributed by atoms with Crippen LogP contribution in [0.2, 0.25) is 5.02 Å². The maximum atomic E-state index is 13.0. The molecule has 0 bridgehead atoms. The second-order valence-corrected chi connectivity index (χ2v) is 5.01. The summed E-state index contributed by atoms with van der Waals surface area (Å²) in [6, 6.07) is 4.20. The Morgan fingerprint density at radius 2 is 2.16 bits per heavy atom. The quantitative estimate of drug-likeness (QED) is 0.865. The Labute approximate surface area is 123 Å². The third kappa shape index (κ3) is 3.38. The molecule has 2 atom stereocenters. The molecule has 1 heterocycles. The smallest absolute Gasteiger partial charge is 0.255 e. The molecule has 1 amide bonds. The van der Waals surface area contributed by atoms with Crippen molar-refractivity contribution < 1.29 is 9.18 Å². The summed E-state index contributed by atoms with van der Waals surface area (Å²) in [5.74, 6) is -0.570. The number of amides is 1. The summed E-state index contributed by atoms with van der Waals surface area (Å²) in [6.45, 7) is 5.43. The molecule has 1 N–H and O–H groups in total. The molecule has 1 aliphatic heterocycles. The molecule has 1 aromatic rings. The van der Waals surface area contributed by atoms with E-state index >= 15 is 0 Å². The van der Waals surface area contributed by atoms with Crippen LogP contribution in [0, 0.1) is 5.82 Å². The lowest BCUT2D eigenvalue weighted by atomic mass is 10.1. The van der Waals surface area contributed by atoms with Crippen molar-refractivity contribution in [1.82, 2.24) is 10.2 Å². The summed E-state index contributed by atoms with van der Waals surface area (Å²) >= 11 is 5.92. The van der Waals surface area contributed by atoms with Gasteiger partial charge in [-0.2, -0.15) is 0 Å². The number of carbonyl (C=O) groups is 1. The van der Waals surface area contributed by atoms with Gasteiger partial charge in [0.25, 0.3) is 5.91 Å². The van der Waals surface area contributed by atoms with Crippen molar-refractivity contribution in [3.8, 4) is 0 Å². The molecule has 6 heteroatoms. The summed E-state index contributed by atoms with van der Waals surface area (Å²) in [6.07, 6.45) is 0. The maximum absolute atomic E-state index is 13.0. The largest absolute Gasteiger partial charge is 0.333 e. The topological polar surface area (TPSA) is 32.3 Å². The average Bonchev–Trinajstić information content (AvgIpc) is 2.32. The van der Waals surface area contributed by atoms with Gasteiger partial charge >= 0.3 is 0 Å². The highest BCUT2D eigenvalue weighted by Gasteiger charge is 2.29. The highest BCUT2D eigenvalue weighted by molar-refractivity contribution is 6.33. The molecule has 1 saturated heterocycles. The number of carbonyl (C=O) groups excluding carboxylic acids is 1. The van der Waals surface area contributed by atoms with Gasteiger partial charge in [0.2, 0.25) is 0 Å². The first kappa shape index (κ1) is 16.2. The van der Waals surface area contributed by atoms with Gasteiger partial charge in [-0.3, -0.25) is 4.79 Å². The Balaban J connectivity index is 0.00000180. The number of benzene rings is 1. The fourth-order valence-electron chi connectivity index (χ4n) is 2.16. The van der Waals surface area contributed by atoms with Gasteiger partial charge in [-0.05, 0) is 32.0 Å². The van der Waals surface area contributed by atoms with Crippen molar-refractivity contribution in [3.05, 3.63) is 34.6 Å². The van der Waals surface area contributed by atoms with E-state index in [1.54, 1.807) is 4.90 Å². The molecule has 0 aromatic heterocycles. The van der Waals surface area contributed by atoms with Crippen LogP contribution in [0.5, 0.6) is 0 Å². The number of halogens is 3. The first-order valence-corrected chi connectivity index (χ1v) is 6.38. The minimum absolute atomic E-state index is 0. The minimum atomic E-state index is -0.432. The average molecular weight is 307 g/mol. The van der Waals surface area contributed by atoms with Gasteiger partial charge in [0.1, 0.15) is 5.82 Å². The monoisotopic (exact) mass is 306 g/mol. The van der Waals surface area contributed by atoms with Crippen molar-refractivity contribution >= 4 is 29.9 Å². The second kappa shape index (κ2) is 6.55. The van der Waals surface area contributed by atoms with Crippen molar-refractivity contribution in [2.24, 2.45) is 0 Å². The summed E-state index contributed by atoms with van der Waals surface area (Å²) < 4.78 is 13.0. The number of hydrogen-bond donors (Lipinski definition) is 1. The van der Waals surface area contributed by atoms with Gasteiger partial charge in [0, 0.05) is 25.2 Å². The van der Waals surface area contributed by atoms with Gasteiger partial charge in [0.15, 0.2) is 0 Å². The van der Waals surface area contributed by atoms with Gasteiger partial charge in [-0.25, -0.2) is 4.39 Å². The van der Waals surface area contributed by atoms with E-state index in [0.29, 0.717) is 12.1 Å². The zero-order chi connectivity index (χ0) is 13.3. The van der Waals surface area contributed by atoms with E-state index in [1.165, 1.54) is 18.2 Å². The minimum Gasteiger partial charge on any atom is -0.333 e. The van der Waals surface area contributed by atoms with Crippen LogP contribution in [0.1, 0.15) is 24.2 Å². The summed E-state index contributed by atoms with van der Waals surface area (Å²) in [7, 11) is 0. The van der Waals surface area contributed by atoms with Crippen LogP contribution in [0.4, 0.5) is 4.39 Å². The Morgan fingerprint density at radius 1 is 1.47 bits per heavy atom. The Morgan fingerprint density at radius 3 is 2.79 bits per heavy atom. The van der Waals surface area contributed by atoms with Gasteiger partial charge < -0.3 is 10.2 Å². The van der Waals surface area contributed by atoms with Crippen molar-refractivity contribution in [2.75, 3.05) is 13.1 Å².